The highest BCUT2D eigenvalue weighted by molar-refractivity contribution is 5.92. The molecule has 0 radical (unpaired) electrons. The molecular formula is C27H34N2O4. The number of piperidine rings is 1. The zero-order valence-electron chi connectivity index (χ0n) is 19.3. The van der Waals surface area contributed by atoms with Crippen LogP contribution in [0.2, 0.25) is 0 Å². The number of hydrogen-bond acceptors (Lipinski definition) is 5. The van der Waals surface area contributed by atoms with Crippen LogP contribution in [0.25, 0.3) is 0 Å². The maximum Gasteiger partial charge on any atom is 0.238 e. The van der Waals surface area contributed by atoms with E-state index >= 15 is 0 Å². The highest BCUT2D eigenvalue weighted by atomic mass is 16.5. The maximum absolute atomic E-state index is 12.9. The van der Waals surface area contributed by atoms with Gasteiger partial charge in [-0.2, -0.15) is 0 Å². The summed E-state index contributed by atoms with van der Waals surface area (Å²) in [6, 6.07) is 15.4. The third kappa shape index (κ3) is 5.40. The van der Waals surface area contributed by atoms with Crippen molar-refractivity contribution in [3.63, 3.8) is 0 Å². The monoisotopic (exact) mass is 450 g/mol. The summed E-state index contributed by atoms with van der Waals surface area (Å²) in [5, 5.41) is 14.5. The summed E-state index contributed by atoms with van der Waals surface area (Å²) in [7, 11) is 1.62. The van der Waals surface area contributed by atoms with Gasteiger partial charge in [-0.15, -0.1) is 0 Å². The topological polar surface area (TPSA) is 71.0 Å². The van der Waals surface area contributed by atoms with Crippen LogP contribution in [0, 0.1) is 5.92 Å². The Labute approximate surface area is 196 Å². The Morgan fingerprint density at radius 2 is 1.88 bits per heavy atom. The van der Waals surface area contributed by atoms with E-state index in [1.54, 1.807) is 13.2 Å². The van der Waals surface area contributed by atoms with E-state index in [1.807, 2.05) is 36.4 Å². The van der Waals surface area contributed by atoms with Crippen molar-refractivity contribution in [1.82, 2.24) is 4.90 Å². The average molecular weight is 451 g/mol. The van der Waals surface area contributed by atoms with E-state index in [2.05, 4.69) is 28.9 Å². The number of benzene rings is 2. The Morgan fingerprint density at radius 3 is 2.58 bits per heavy atom. The quantitative estimate of drug-likeness (QED) is 0.577. The molecule has 1 aliphatic heterocycles. The number of carbonyl (C=O) groups is 1. The fourth-order valence-electron chi connectivity index (χ4n) is 5.34. The largest absolute Gasteiger partial charge is 0.497 e. The van der Waals surface area contributed by atoms with Crippen LogP contribution in [0.5, 0.6) is 11.5 Å². The summed E-state index contributed by atoms with van der Waals surface area (Å²) in [5.41, 5.74) is 1.19. The van der Waals surface area contributed by atoms with Crippen LogP contribution in [0.3, 0.4) is 0 Å². The van der Waals surface area contributed by atoms with E-state index in [0.29, 0.717) is 19.6 Å². The normalized spacial score (nSPS) is 25.0. The van der Waals surface area contributed by atoms with Gasteiger partial charge in [0.2, 0.25) is 5.91 Å². The molecule has 0 unspecified atom stereocenters. The second kappa shape index (κ2) is 10.4. The van der Waals surface area contributed by atoms with Crippen molar-refractivity contribution in [2.75, 3.05) is 32.1 Å². The minimum atomic E-state index is -0.663. The molecule has 6 heteroatoms. The van der Waals surface area contributed by atoms with Crippen LogP contribution in [0.1, 0.15) is 43.7 Å². The second-order valence-electron chi connectivity index (χ2n) is 9.07. The van der Waals surface area contributed by atoms with Crippen LogP contribution < -0.4 is 14.8 Å². The summed E-state index contributed by atoms with van der Waals surface area (Å²) < 4.78 is 10.8. The van der Waals surface area contributed by atoms with Gasteiger partial charge in [-0.3, -0.25) is 9.69 Å². The van der Waals surface area contributed by atoms with Gasteiger partial charge in [0.25, 0.3) is 0 Å². The molecule has 176 valence electrons. The number of methoxy groups -OCH3 is 1. The molecule has 6 nitrogen and oxygen atoms in total. The number of rotatable bonds is 8. The van der Waals surface area contributed by atoms with Crippen LogP contribution >= 0.6 is 0 Å². The first-order chi connectivity index (χ1) is 16.0. The van der Waals surface area contributed by atoms with E-state index in [1.165, 1.54) is 0 Å². The van der Waals surface area contributed by atoms with E-state index in [0.717, 1.165) is 48.4 Å². The molecule has 1 saturated heterocycles. The molecule has 2 aromatic carbocycles. The Kier molecular flexibility index (Phi) is 7.36. The highest BCUT2D eigenvalue weighted by Crippen LogP contribution is 2.49. The first-order valence-electron chi connectivity index (χ1n) is 11.8. The van der Waals surface area contributed by atoms with Gasteiger partial charge in [0.05, 0.1) is 19.3 Å². The van der Waals surface area contributed by atoms with Gasteiger partial charge in [0.15, 0.2) is 0 Å². The number of fused-ring (bicyclic) bond motifs is 1. The average Bonchev–Trinajstić information content (AvgIpc) is 2.83. The van der Waals surface area contributed by atoms with E-state index in [9.17, 15) is 9.90 Å². The van der Waals surface area contributed by atoms with Crippen molar-refractivity contribution in [3.8, 4) is 11.5 Å². The van der Waals surface area contributed by atoms with Crippen molar-refractivity contribution >= 4 is 11.6 Å². The molecule has 2 aliphatic rings. The van der Waals surface area contributed by atoms with Crippen LogP contribution in [0.4, 0.5) is 5.69 Å². The summed E-state index contributed by atoms with van der Waals surface area (Å²) in [6.07, 6.45) is 6.39. The summed E-state index contributed by atoms with van der Waals surface area (Å²) in [5.74, 6) is 1.59. The number of ether oxygens (including phenoxy) is 2. The van der Waals surface area contributed by atoms with Gasteiger partial charge < -0.3 is 19.9 Å². The van der Waals surface area contributed by atoms with Gasteiger partial charge >= 0.3 is 0 Å². The predicted octanol–water partition coefficient (Wildman–Crippen LogP) is 4.57. The zero-order chi connectivity index (χ0) is 23.3. The van der Waals surface area contributed by atoms with E-state index in [-0.39, 0.29) is 24.4 Å². The minimum Gasteiger partial charge on any atom is -0.497 e. The zero-order valence-corrected chi connectivity index (χ0v) is 19.3. The fourth-order valence-corrected chi connectivity index (χ4v) is 5.34. The molecule has 2 N–H and O–H groups in total. The molecular weight excluding hydrogens is 416 g/mol. The Bertz CT molecular complexity index is 944. The van der Waals surface area contributed by atoms with Gasteiger partial charge in [-0.25, -0.2) is 0 Å². The smallest absolute Gasteiger partial charge is 0.238 e. The minimum absolute atomic E-state index is 0.0147. The number of hydrogen-bond donors (Lipinski definition) is 2. The molecule has 0 spiro atoms. The number of nitrogens with one attached hydrogen (secondary N) is 1. The molecule has 2 aromatic rings. The molecule has 3 atom stereocenters. The number of likely N-dealkylation sites (tertiary alicyclic amines) is 1. The molecule has 4 rings (SSSR count). The first kappa shape index (κ1) is 23.3. The van der Waals surface area contributed by atoms with Crippen LogP contribution in [0.15, 0.2) is 61.2 Å². The lowest BCUT2D eigenvalue weighted by atomic mass is 9.66. The number of aliphatic hydroxyl groups is 1. The van der Waals surface area contributed by atoms with Crippen molar-refractivity contribution in [2.24, 2.45) is 5.92 Å². The van der Waals surface area contributed by atoms with Gasteiger partial charge in [-0.1, -0.05) is 37.6 Å². The third-order valence-corrected chi connectivity index (χ3v) is 6.98. The molecule has 2 fully saturated rings. The second-order valence-corrected chi connectivity index (χ2v) is 9.07. The predicted molar refractivity (Wildman–Crippen MR) is 130 cm³/mol. The van der Waals surface area contributed by atoms with Crippen LogP contribution in [-0.2, 0) is 4.79 Å². The highest BCUT2D eigenvalue weighted by Gasteiger charge is 2.49. The van der Waals surface area contributed by atoms with Crippen LogP contribution in [-0.4, -0.2) is 48.3 Å². The van der Waals surface area contributed by atoms with Crippen molar-refractivity contribution in [1.29, 1.82) is 0 Å². The SMILES string of the molecule is C=CCOc1ccc([C@@H]2[C@@H]3CCCC[C@]3(O)CCN2CC(=O)Nc2ccc(OC)cc2)cc1. The number of amides is 1. The number of anilines is 1. The molecule has 1 aliphatic carbocycles. The number of carbonyl (C=O) groups excluding carboxylic acids is 1. The Morgan fingerprint density at radius 1 is 1.15 bits per heavy atom. The fraction of sp³-hybridized carbons (Fsp3) is 0.444. The third-order valence-electron chi connectivity index (χ3n) is 6.98. The summed E-state index contributed by atoms with van der Waals surface area (Å²) in [4.78, 5) is 15.2. The Hall–Kier alpha value is -2.83. The van der Waals surface area contributed by atoms with E-state index < -0.39 is 5.60 Å². The summed E-state index contributed by atoms with van der Waals surface area (Å²) in [6.45, 7) is 5.11. The van der Waals surface area contributed by atoms with Gasteiger partial charge in [0, 0.05) is 24.2 Å². The lowest BCUT2D eigenvalue weighted by Crippen LogP contribution is -2.56. The van der Waals surface area contributed by atoms with Crippen molar-refractivity contribution in [2.45, 2.75) is 43.7 Å². The molecule has 0 aromatic heterocycles. The molecule has 1 amide bonds. The Balaban J connectivity index is 1.53. The molecule has 0 bridgehead atoms. The molecule has 1 saturated carbocycles. The van der Waals surface area contributed by atoms with E-state index in [4.69, 9.17) is 9.47 Å². The first-order valence-corrected chi connectivity index (χ1v) is 11.8. The molecule has 33 heavy (non-hydrogen) atoms. The van der Waals surface area contributed by atoms with Gasteiger partial charge in [0.1, 0.15) is 18.1 Å². The van der Waals surface area contributed by atoms with Crippen molar-refractivity contribution in [3.05, 3.63) is 66.7 Å². The number of nitrogens with zero attached hydrogens (tertiary/aromatic N) is 1. The molecule has 1 heterocycles. The van der Waals surface area contributed by atoms with Gasteiger partial charge in [-0.05, 0) is 61.2 Å². The lowest BCUT2D eigenvalue weighted by molar-refractivity contribution is -0.135. The lowest BCUT2D eigenvalue weighted by Gasteiger charge is -2.52. The summed E-state index contributed by atoms with van der Waals surface area (Å²) >= 11 is 0. The standard InChI is InChI=1S/C27H34N2O4/c1-3-18-33-23-11-7-20(8-12-23)26-24-6-4-5-15-27(24,31)16-17-29(26)19-25(30)28-21-9-13-22(32-2)14-10-21/h3,7-14,24,26,31H,1,4-6,15-19H2,2H3,(H,28,30)/t24-,26+,27-/m0/s1. The van der Waals surface area contributed by atoms with Crippen molar-refractivity contribution < 1.29 is 19.4 Å². The maximum atomic E-state index is 12.9.